The summed E-state index contributed by atoms with van der Waals surface area (Å²) in [4.78, 5) is 15.2. The number of anilines is 1. The highest BCUT2D eigenvalue weighted by molar-refractivity contribution is 5.87. The number of rotatable bonds is 8. The van der Waals surface area contributed by atoms with Crippen molar-refractivity contribution in [2.24, 2.45) is 0 Å². The molecule has 0 saturated heterocycles. The molecule has 0 aliphatic rings. The van der Waals surface area contributed by atoms with Gasteiger partial charge in [0.2, 0.25) is 5.88 Å². The van der Waals surface area contributed by atoms with Gasteiger partial charge in [0.1, 0.15) is 48.0 Å². The van der Waals surface area contributed by atoms with Crippen LogP contribution in [0.3, 0.4) is 0 Å². The van der Waals surface area contributed by atoms with Crippen LogP contribution in [0.15, 0.2) is 48.5 Å². The van der Waals surface area contributed by atoms with E-state index in [1.807, 2.05) is 12.1 Å². The molecule has 1 heterocycles. The number of hydrogen-bond acceptors (Lipinski definition) is 8. The Morgan fingerprint density at radius 1 is 1.06 bits per heavy atom. The Labute approximate surface area is 183 Å². The van der Waals surface area contributed by atoms with E-state index in [4.69, 9.17) is 25.4 Å². The smallest absolute Gasteiger partial charge is 0.335 e. The number of aromatic carboxylic acids is 1. The Morgan fingerprint density at radius 2 is 1.78 bits per heavy atom. The van der Waals surface area contributed by atoms with Crippen molar-refractivity contribution < 1.29 is 24.5 Å². The lowest BCUT2D eigenvalue weighted by atomic mass is 9.96. The van der Waals surface area contributed by atoms with Crippen LogP contribution in [0.1, 0.15) is 27.0 Å². The second-order valence-electron chi connectivity index (χ2n) is 6.54. The van der Waals surface area contributed by atoms with E-state index >= 15 is 0 Å². The number of aliphatic hydroxyl groups excluding tert-OH is 1. The highest BCUT2D eigenvalue weighted by Crippen LogP contribution is 2.36. The molecule has 0 aliphatic carbocycles. The van der Waals surface area contributed by atoms with Gasteiger partial charge in [0, 0.05) is 5.56 Å². The van der Waals surface area contributed by atoms with Crippen molar-refractivity contribution in [3.8, 4) is 34.9 Å². The second-order valence-corrected chi connectivity index (χ2v) is 6.54. The molecule has 3 aromatic rings. The van der Waals surface area contributed by atoms with Gasteiger partial charge in [-0.15, -0.1) is 0 Å². The summed E-state index contributed by atoms with van der Waals surface area (Å²) >= 11 is 0. The summed E-state index contributed by atoms with van der Waals surface area (Å²) in [5, 5.41) is 37.4. The molecule has 32 heavy (non-hydrogen) atoms. The summed E-state index contributed by atoms with van der Waals surface area (Å²) < 4.78 is 11.0. The molecule has 0 unspecified atom stereocenters. The topological polar surface area (TPSA) is 162 Å². The largest absolute Gasteiger partial charge is 0.491 e. The van der Waals surface area contributed by atoms with Crippen molar-refractivity contribution in [3.05, 3.63) is 70.8 Å². The van der Waals surface area contributed by atoms with E-state index in [-0.39, 0.29) is 53.8 Å². The second kappa shape index (κ2) is 9.94. The third-order valence-corrected chi connectivity index (χ3v) is 4.47. The molecular weight excluding hydrogens is 412 g/mol. The van der Waals surface area contributed by atoms with E-state index in [0.29, 0.717) is 16.9 Å². The van der Waals surface area contributed by atoms with Gasteiger partial charge >= 0.3 is 5.97 Å². The monoisotopic (exact) mass is 430 g/mol. The number of carboxylic acids is 1. The molecule has 9 heteroatoms. The zero-order valence-electron chi connectivity index (χ0n) is 16.8. The minimum absolute atomic E-state index is 0.0224. The molecule has 0 aliphatic heterocycles. The number of benzene rings is 2. The number of carboxylic acid groups (broad SMARTS) is 1. The molecule has 2 aromatic carbocycles. The fraction of sp³-hybridized carbons (Fsp3) is 0.130. The fourth-order valence-electron chi connectivity index (χ4n) is 3.02. The molecular formula is C23H18N4O5. The zero-order chi connectivity index (χ0) is 23.1. The van der Waals surface area contributed by atoms with E-state index in [1.54, 1.807) is 36.4 Å². The Hall–Kier alpha value is -4.60. The van der Waals surface area contributed by atoms with Crippen molar-refractivity contribution in [1.82, 2.24) is 4.98 Å². The highest BCUT2D eigenvalue weighted by atomic mass is 16.5. The predicted molar refractivity (Wildman–Crippen MR) is 114 cm³/mol. The molecule has 0 atom stereocenters. The molecule has 4 N–H and O–H groups in total. The van der Waals surface area contributed by atoms with Crippen LogP contribution in [0.5, 0.6) is 11.6 Å². The van der Waals surface area contributed by atoms with Crippen LogP contribution >= 0.6 is 0 Å². The molecule has 160 valence electrons. The van der Waals surface area contributed by atoms with E-state index < -0.39 is 5.97 Å². The summed E-state index contributed by atoms with van der Waals surface area (Å²) in [6, 6.07) is 16.8. The van der Waals surface area contributed by atoms with Crippen LogP contribution in [-0.2, 0) is 6.61 Å². The van der Waals surface area contributed by atoms with Gasteiger partial charge in [0.05, 0.1) is 12.2 Å². The third-order valence-electron chi connectivity index (χ3n) is 4.47. The molecule has 0 fully saturated rings. The number of ether oxygens (including phenoxy) is 2. The predicted octanol–water partition coefficient (Wildman–Crippen LogP) is 2.72. The van der Waals surface area contributed by atoms with Crippen LogP contribution < -0.4 is 15.2 Å². The molecule has 3 rings (SSSR count). The minimum Gasteiger partial charge on any atom is -0.491 e. The summed E-state index contributed by atoms with van der Waals surface area (Å²) in [5.41, 5.74) is 7.48. The van der Waals surface area contributed by atoms with Crippen molar-refractivity contribution in [2.75, 3.05) is 18.9 Å². The Balaban J connectivity index is 1.99. The lowest BCUT2D eigenvalue weighted by Gasteiger charge is -2.14. The first-order valence-electron chi connectivity index (χ1n) is 9.41. The molecule has 0 amide bonds. The first kappa shape index (κ1) is 22.1. The summed E-state index contributed by atoms with van der Waals surface area (Å²) in [6.07, 6.45) is 0. The average Bonchev–Trinajstić information content (AvgIpc) is 2.81. The average molecular weight is 430 g/mol. The Bertz CT molecular complexity index is 1230. The number of nitrogens with two attached hydrogens (primary N) is 1. The van der Waals surface area contributed by atoms with Crippen LogP contribution in [0.2, 0.25) is 0 Å². The first-order valence-corrected chi connectivity index (χ1v) is 9.41. The fourth-order valence-corrected chi connectivity index (χ4v) is 3.02. The standard InChI is InChI=1S/C23H18N4O5/c24-11-18-20(15-4-6-17(7-5-15)31-9-8-28)19(12-25)22(27-21(18)26)32-13-14-2-1-3-16(10-14)23(29)30/h1-7,10,28H,8-9,13H2,(H2,26,27)(H,29,30). The quantitative estimate of drug-likeness (QED) is 0.487. The number of nitrogens with zero attached hydrogens (tertiary/aromatic N) is 3. The van der Waals surface area contributed by atoms with Gasteiger partial charge in [-0.3, -0.25) is 0 Å². The zero-order valence-corrected chi connectivity index (χ0v) is 16.8. The van der Waals surface area contributed by atoms with Gasteiger partial charge in [-0.2, -0.15) is 15.5 Å². The van der Waals surface area contributed by atoms with E-state index in [1.165, 1.54) is 12.1 Å². The van der Waals surface area contributed by atoms with Crippen LogP contribution in [0.25, 0.3) is 11.1 Å². The number of aromatic nitrogens is 1. The molecule has 9 nitrogen and oxygen atoms in total. The summed E-state index contributed by atoms with van der Waals surface area (Å²) in [6.45, 7) is -0.0487. The number of nitriles is 2. The molecule has 0 spiro atoms. The normalized spacial score (nSPS) is 10.1. The van der Waals surface area contributed by atoms with Gasteiger partial charge in [0.25, 0.3) is 0 Å². The maximum Gasteiger partial charge on any atom is 0.335 e. The van der Waals surface area contributed by atoms with Crippen LogP contribution in [0, 0.1) is 22.7 Å². The number of aliphatic hydroxyl groups is 1. The Kier molecular flexibility index (Phi) is 6.86. The minimum atomic E-state index is -1.07. The van der Waals surface area contributed by atoms with Gasteiger partial charge in [-0.1, -0.05) is 24.3 Å². The SMILES string of the molecule is N#Cc1c(N)nc(OCc2cccc(C(=O)O)c2)c(C#N)c1-c1ccc(OCCO)cc1. The third kappa shape index (κ3) is 4.75. The summed E-state index contributed by atoms with van der Waals surface area (Å²) in [5.74, 6) is -0.729. The van der Waals surface area contributed by atoms with Crippen molar-refractivity contribution >= 4 is 11.8 Å². The maximum absolute atomic E-state index is 11.2. The van der Waals surface area contributed by atoms with Crippen molar-refractivity contribution in [3.63, 3.8) is 0 Å². The van der Waals surface area contributed by atoms with Crippen LogP contribution in [0.4, 0.5) is 5.82 Å². The van der Waals surface area contributed by atoms with Gasteiger partial charge in [-0.05, 0) is 35.4 Å². The number of carbonyl (C=O) groups is 1. The van der Waals surface area contributed by atoms with Gasteiger partial charge < -0.3 is 25.4 Å². The first-order chi connectivity index (χ1) is 15.5. The van der Waals surface area contributed by atoms with E-state index in [2.05, 4.69) is 4.98 Å². The van der Waals surface area contributed by atoms with Gasteiger partial charge in [-0.25, -0.2) is 4.79 Å². The molecule has 1 aromatic heterocycles. The Morgan fingerprint density at radius 3 is 2.41 bits per heavy atom. The lowest BCUT2D eigenvalue weighted by molar-refractivity contribution is 0.0696. The number of nitrogen functional groups attached to an aromatic ring is 1. The van der Waals surface area contributed by atoms with Gasteiger partial charge in [0.15, 0.2) is 0 Å². The number of hydrogen-bond donors (Lipinski definition) is 3. The molecule has 0 radical (unpaired) electrons. The summed E-state index contributed by atoms with van der Waals surface area (Å²) in [7, 11) is 0. The highest BCUT2D eigenvalue weighted by Gasteiger charge is 2.21. The molecule has 0 saturated carbocycles. The maximum atomic E-state index is 11.2. The van der Waals surface area contributed by atoms with Crippen molar-refractivity contribution in [2.45, 2.75) is 6.61 Å². The molecule has 0 bridgehead atoms. The number of pyridine rings is 1. The van der Waals surface area contributed by atoms with Crippen LogP contribution in [-0.4, -0.2) is 34.4 Å². The van der Waals surface area contributed by atoms with E-state index in [9.17, 15) is 15.3 Å². The van der Waals surface area contributed by atoms with E-state index in [0.717, 1.165) is 0 Å². The lowest BCUT2D eigenvalue weighted by Crippen LogP contribution is -2.07. The van der Waals surface area contributed by atoms with Crippen molar-refractivity contribution in [1.29, 1.82) is 10.5 Å².